The Balaban J connectivity index is 6.61. The zero-order chi connectivity index (χ0) is 22.0. The van der Waals surface area contributed by atoms with Gasteiger partial charge in [-0.2, -0.15) is 35.1 Å². The van der Waals surface area contributed by atoms with Gasteiger partial charge in [-0.25, -0.2) is 17.6 Å². The van der Waals surface area contributed by atoms with E-state index in [1.807, 2.05) is 0 Å². The molecule has 0 rings (SSSR count). The Bertz CT molecular complexity index is 485. The van der Waals surface area contributed by atoms with Crippen molar-refractivity contribution in [3.05, 3.63) is 0 Å². The molecule has 0 spiro atoms. The van der Waals surface area contributed by atoms with Crippen LogP contribution in [0.25, 0.3) is 0 Å². The third kappa shape index (κ3) is 3.48. The zero-order valence-electron chi connectivity index (χ0n) is 10.8. The van der Waals surface area contributed by atoms with Crippen molar-refractivity contribution in [2.45, 2.75) is 43.1 Å². The Hall–Kier alpha value is 0.900. The fourth-order valence-electron chi connectivity index (χ4n) is 1.14. The molecule has 0 aromatic carbocycles. The van der Waals surface area contributed by atoms with Crippen LogP contribution in [0.15, 0.2) is 0 Å². The molecule has 26 heavy (non-hydrogen) atoms. The van der Waals surface area contributed by atoms with Crippen LogP contribution < -0.4 is 0 Å². The highest BCUT2D eigenvalue weighted by Crippen LogP contribution is 2.66. The van der Waals surface area contributed by atoms with Gasteiger partial charge in [-0.15, -0.1) is 0 Å². The van der Waals surface area contributed by atoms with Crippen LogP contribution in [-0.2, 0) is 0 Å². The van der Waals surface area contributed by atoms with E-state index in [9.17, 15) is 52.7 Å². The molecule has 0 aromatic heterocycles. The van der Waals surface area contributed by atoms with E-state index in [4.69, 9.17) is 0 Å². The molecule has 0 N–H and O–H groups in total. The average Bonchev–Trinajstić information content (AvgIpc) is 2.34. The Labute approximate surface area is 165 Å². The maximum atomic E-state index is 13.8. The second-order valence-corrected chi connectivity index (χ2v) is 7.71. The molecular formula is C8Cl6F12. The summed E-state index contributed by atoms with van der Waals surface area (Å²) in [5.41, 5.74) is 0. The summed E-state index contributed by atoms with van der Waals surface area (Å²) < 4.78 is 154. The van der Waals surface area contributed by atoms with Crippen molar-refractivity contribution in [1.29, 1.82) is 0 Å². The number of hydrogen-bond donors (Lipinski definition) is 0. The highest BCUT2D eigenvalue weighted by atomic mass is 35.5. The highest BCUT2D eigenvalue weighted by molar-refractivity contribution is 6.48. The third-order valence-corrected chi connectivity index (χ3v) is 4.94. The van der Waals surface area contributed by atoms with Gasteiger partial charge in [0.1, 0.15) is 0 Å². The van der Waals surface area contributed by atoms with Crippen molar-refractivity contribution in [1.82, 2.24) is 0 Å². The first-order valence-corrected chi connectivity index (χ1v) is 7.42. The first-order valence-electron chi connectivity index (χ1n) is 5.15. The quantitative estimate of drug-likeness (QED) is 0.233. The van der Waals surface area contributed by atoms with Crippen molar-refractivity contribution in [3.63, 3.8) is 0 Å². The van der Waals surface area contributed by atoms with Crippen LogP contribution >= 0.6 is 69.6 Å². The summed E-state index contributed by atoms with van der Waals surface area (Å²) in [5.74, 6) is -21.1. The van der Waals surface area contributed by atoms with E-state index in [1.54, 1.807) is 0 Å². The Morgan fingerprint density at radius 1 is 0.346 bits per heavy atom. The van der Waals surface area contributed by atoms with Crippen LogP contribution in [-0.4, -0.2) is 43.1 Å². The summed E-state index contributed by atoms with van der Waals surface area (Å²) in [6.45, 7) is 0. The molecule has 0 radical (unpaired) electrons. The van der Waals surface area contributed by atoms with E-state index >= 15 is 0 Å². The number of halogens is 18. The SMILES string of the molecule is FC(Cl)(Cl)C(F)(F)[C@@](F)(Cl)C(F)(F)[C@@](F)(Cl)C(F)(F)[C@@](F)(Cl)C(F)(F)Cl. The number of rotatable bonds is 7. The molecule has 18 heteroatoms. The molecule has 0 heterocycles. The van der Waals surface area contributed by atoms with Gasteiger partial charge in [-0.05, 0) is 11.6 Å². The molecule has 0 aliphatic heterocycles. The average molecular weight is 537 g/mol. The maximum Gasteiger partial charge on any atom is 0.375 e. The number of alkyl halides is 18. The van der Waals surface area contributed by atoms with Crippen LogP contribution in [0, 0.1) is 0 Å². The molecule has 0 saturated carbocycles. The summed E-state index contributed by atoms with van der Waals surface area (Å²) in [5, 5.41) is -26.0. The summed E-state index contributed by atoms with van der Waals surface area (Å²) in [7, 11) is 0. The van der Waals surface area contributed by atoms with E-state index in [0.29, 0.717) is 0 Å². The van der Waals surface area contributed by atoms with Crippen molar-refractivity contribution >= 4 is 69.6 Å². The Morgan fingerprint density at radius 2 is 0.577 bits per heavy atom. The Morgan fingerprint density at radius 3 is 0.808 bits per heavy atom. The van der Waals surface area contributed by atoms with Gasteiger partial charge in [-0.1, -0.05) is 58.0 Å². The molecule has 0 aliphatic carbocycles. The minimum atomic E-state index is -7.29. The largest absolute Gasteiger partial charge is 0.375 e. The summed E-state index contributed by atoms with van der Waals surface area (Å²) in [4.78, 5) is 0. The molecule has 0 unspecified atom stereocenters. The lowest BCUT2D eigenvalue weighted by molar-refractivity contribution is -0.312. The van der Waals surface area contributed by atoms with Gasteiger partial charge in [-0.3, -0.25) is 0 Å². The van der Waals surface area contributed by atoms with Crippen molar-refractivity contribution in [2.75, 3.05) is 0 Å². The molecule has 0 fully saturated rings. The van der Waals surface area contributed by atoms with Crippen molar-refractivity contribution in [2.24, 2.45) is 0 Å². The van der Waals surface area contributed by atoms with Crippen molar-refractivity contribution in [3.8, 4) is 0 Å². The molecule has 3 atom stereocenters. The molecule has 158 valence electrons. The standard InChI is InChI=1S/C8Cl6F12/c9-1(15,5(20,21)3(11,17)8(14,25)26)4(18,19)2(10,16)6(22,23)7(12,13)24/t1-,2+,3-/m0/s1. The first-order chi connectivity index (χ1) is 10.8. The van der Waals surface area contributed by atoms with Crippen molar-refractivity contribution < 1.29 is 52.7 Å². The second kappa shape index (κ2) is 6.72. The van der Waals surface area contributed by atoms with E-state index in [0.717, 1.165) is 0 Å². The molecule has 0 bridgehead atoms. The molecular weight excluding hydrogens is 537 g/mol. The first kappa shape index (κ1) is 26.9. The van der Waals surface area contributed by atoms with Gasteiger partial charge >= 0.3 is 43.1 Å². The predicted molar refractivity (Wildman–Crippen MR) is 70.3 cm³/mol. The smallest absolute Gasteiger partial charge is 0.212 e. The normalized spacial score (nSPS) is 22.4. The lowest BCUT2D eigenvalue weighted by Gasteiger charge is -2.44. The van der Waals surface area contributed by atoms with Gasteiger partial charge < -0.3 is 0 Å². The lowest BCUT2D eigenvalue weighted by Crippen LogP contribution is -2.72. The van der Waals surface area contributed by atoms with Gasteiger partial charge in [0.05, 0.1) is 0 Å². The van der Waals surface area contributed by atoms with E-state index < -0.39 is 43.1 Å². The fourth-order valence-corrected chi connectivity index (χ4v) is 2.37. The molecule has 0 aliphatic rings. The molecule has 0 aromatic rings. The number of hydrogen-bond acceptors (Lipinski definition) is 0. The predicted octanol–water partition coefficient (Wildman–Crippen LogP) is 7.54. The Kier molecular flexibility index (Phi) is 6.95. The zero-order valence-corrected chi connectivity index (χ0v) is 15.3. The molecule has 0 nitrogen and oxygen atoms in total. The summed E-state index contributed by atoms with van der Waals surface area (Å²) in [6, 6.07) is 0. The van der Waals surface area contributed by atoms with Crippen LogP contribution in [0.3, 0.4) is 0 Å². The maximum absolute atomic E-state index is 13.8. The third-order valence-electron chi connectivity index (χ3n) is 2.68. The molecule has 0 saturated heterocycles. The van der Waals surface area contributed by atoms with Crippen LogP contribution in [0.2, 0.25) is 0 Å². The fraction of sp³-hybridized carbons (Fsp3) is 1.00. The topological polar surface area (TPSA) is 0 Å². The van der Waals surface area contributed by atoms with Crippen LogP contribution in [0.4, 0.5) is 52.7 Å². The van der Waals surface area contributed by atoms with E-state index in [-0.39, 0.29) is 0 Å². The van der Waals surface area contributed by atoms with E-state index in [2.05, 4.69) is 69.6 Å². The summed E-state index contributed by atoms with van der Waals surface area (Å²) in [6.07, 6.45) is 0. The highest BCUT2D eigenvalue weighted by Gasteiger charge is 2.91. The van der Waals surface area contributed by atoms with Gasteiger partial charge in [0.2, 0.25) is 0 Å². The van der Waals surface area contributed by atoms with Gasteiger partial charge in [0.25, 0.3) is 0 Å². The monoisotopic (exact) mass is 534 g/mol. The second-order valence-electron chi connectivity index (χ2n) is 4.44. The van der Waals surface area contributed by atoms with Crippen LogP contribution in [0.1, 0.15) is 0 Å². The minimum absolute atomic E-state index is 3.77. The van der Waals surface area contributed by atoms with Crippen LogP contribution in [0.5, 0.6) is 0 Å². The van der Waals surface area contributed by atoms with E-state index in [1.165, 1.54) is 0 Å². The minimum Gasteiger partial charge on any atom is -0.212 e. The van der Waals surface area contributed by atoms with Gasteiger partial charge in [0, 0.05) is 0 Å². The van der Waals surface area contributed by atoms with Gasteiger partial charge in [0.15, 0.2) is 0 Å². The lowest BCUT2D eigenvalue weighted by atomic mass is 9.95. The summed E-state index contributed by atoms with van der Waals surface area (Å²) >= 11 is 23.6. The molecule has 0 amide bonds.